The van der Waals surface area contributed by atoms with E-state index in [-0.39, 0.29) is 4.90 Å². The van der Waals surface area contributed by atoms with E-state index in [0.717, 1.165) is 0 Å². The highest BCUT2D eigenvalue weighted by molar-refractivity contribution is 9.10. The minimum atomic E-state index is -3.79. The molecule has 0 aliphatic heterocycles. The first-order chi connectivity index (χ1) is 9.70. The Morgan fingerprint density at radius 3 is 2.52 bits per heavy atom. The highest BCUT2D eigenvalue weighted by Crippen LogP contribution is 2.26. The average molecular weight is 374 g/mol. The van der Waals surface area contributed by atoms with Gasteiger partial charge in [-0.3, -0.25) is 4.79 Å². The molecule has 2 aromatic rings. The average Bonchev–Trinajstić information content (AvgIpc) is 2.70. The normalized spacial score (nSPS) is 11.4. The number of rotatable bonds is 3. The summed E-state index contributed by atoms with van der Waals surface area (Å²) in [7, 11) is -3.79. The van der Waals surface area contributed by atoms with E-state index in [1.807, 2.05) is 0 Å². The van der Waals surface area contributed by atoms with Crippen molar-refractivity contribution in [2.75, 3.05) is 5.32 Å². The summed E-state index contributed by atoms with van der Waals surface area (Å²) in [5.74, 6) is 0.0117. The largest absolute Gasteiger partial charge is 0.361 e. The van der Waals surface area contributed by atoms with Gasteiger partial charge in [-0.15, -0.1) is 0 Å². The summed E-state index contributed by atoms with van der Waals surface area (Å²) in [5.41, 5.74) is 1.23. The van der Waals surface area contributed by atoms with E-state index >= 15 is 0 Å². The zero-order chi connectivity index (χ0) is 15.8. The van der Waals surface area contributed by atoms with E-state index in [4.69, 9.17) is 9.66 Å². The van der Waals surface area contributed by atoms with Crippen molar-refractivity contribution >= 4 is 37.5 Å². The van der Waals surface area contributed by atoms with Crippen LogP contribution in [0.3, 0.4) is 0 Å². The van der Waals surface area contributed by atoms with Crippen LogP contribution in [0, 0.1) is 13.8 Å². The minimum absolute atomic E-state index is 0.0512. The molecule has 0 aliphatic carbocycles. The summed E-state index contributed by atoms with van der Waals surface area (Å²) in [5, 5.41) is 11.4. The fourth-order valence-corrected chi connectivity index (χ4v) is 2.94. The Balaban J connectivity index is 2.31. The topological polar surface area (TPSA) is 115 Å². The van der Waals surface area contributed by atoms with Crippen molar-refractivity contribution in [3.05, 3.63) is 39.7 Å². The molecule has 7 nitrogen and oxygen atoms in total. The van der Waals surface area contributed by atoms with Gasteiger partial charge in [0.15, 0.2) is 0 Å². The van der Waals surface area contributed by atoms with Crippen LogP contribution in [0.1, 0.15) is 21.8 Å². The van der Waals surface area contributed by atoms with Gasteiger partial charge in [-0.2, -0.15) is 0 Å². The van der Waals surface area contributed by atoms with Crippen molar-refractivity contribution in [2.45, 2.75) is 18.7 Å². The van der Waals surface area contributed by atoms with Crippen LogP contribution in [0.15, 0.2) is 32.1 Å². The zero-order valence-electron chi connectivity index (χ0n) is 11.2. The summed E-state index contributed by atoms with van der Waals surface area (Å²) < 4.78 is 27.8. The van der Waals surface area contributed by atoms with Crippen molar-refractivity contribution in [1.29, 1.82) is 0 Å². The number of nitrogens with two attached hydrogens (primary N) is 1. The summed E-state index contributed by atoms with van der Waals surface area (Å²) in [4.78, 5) is 12.1. The van der Waals surface area contributed by atoms with Gasteiger partial charge >= 0.3 is 0 Å². The second kappa shape index (κ2) is 5.58. The molecule has 1 heterocycles. The monoisotopic (exact) mass is 373 g/mol. The van der Waals surface area contributed by atoms with Crippen LogP contribution in [-0.4, -0.2) is 19.5 Å². The SMILES string of the molecule is Cc1noc(C)c1C(=O)Nc1ccc(S(N)(=O)=O)cc1Br. The van der Waals surface area contributed by atoms with Gasteiger partial charge in [-0.1, -0.05) is 5.16 Å². The van der Waals surface area contributed by atoms with Crippen LogP contribution < -0.4 is 10.5 Å². The molecule has 0 radical (unpaired) electrons. The molecule has 1 aromatic carbocycles. The number of primary sulfonamides is 1. The number of nitrogens with zero attached hydrogens (tertiary/aromatic N) is 1. The van der Waals surface area contributed by atoms with Gasteiger partial charge in [-0.25, -0.2) is 13.6 Å². The molecule has 3 N–H and O–H groups in total. The molecule has 0 spiro atoms. The lowest BCUT2D eigenvalue weighted by Gasteiger charge is -2.08. The maximum absolute atomic E-state index is 12.2. The quantitative estimate of drug-likeness (QED) is 0.852. The maximum atomic E-state index is 12.2. The Bertz CT molecular complexity index is 794. The second-order valence-electron chi connectivity index (χ2n) is 4.34. The fraction of sp³-hybridized carbons (Fsp3) is 0.167. The van der Waals surface area contributed by atoms with Gasteiger partial charge in [0.2, 0.25) is 10.0 Å². The number of aromatic nitrogens is 1. The number of aryl methyl sites for hydroxylation is 2. The summed E-state index contributed by atoms with van der Waals surface area (Å²) >= 11 is 3.19. The Morgan fingerprint density at radius 2 is 2.05 bits per heavy atom. The maximum Gasteiger partial charge on any atom is 0.261 e. The Morgan fingerprint density at radius 1 is 1.38 bits per heavy atom. The van der Waals surface area contributed by atoms with Crippen LogP contribution in [0.2, 0.25) is 0 Å². The molecule has 0 unspecified atom stereocenters. The Hall–Kier alpha value is -1.71. The molecule has 1 aromatic heterocycles. The van der Waals surface area contributed by atoms with E-state index in [0.29, 0.717) is 27.2 Å². The number of hydrogen-bond donors (Lipinski definition) is 2. The van der Waals surface area contributed by atoms with Gasteiger partial charge in [0, 0.05) is 4.47 Å². The molecule has 21 heavy (non-hydrogen) atoms. The molecular formula is C12H12BrN3O4S. The molecular weight excluding hydrogens is 362 g/mol. The predicted octanol–water partition coefficient (Wildman–Crippen LogP) is 1.95. The lowest BCUT2D eigenvalue weighted by atomic mass is 10.2. The van der Waals surface area contributed by atoms with Crippen molar-refractivity contribution in [1.82, 2.24) is 5.16 Å². The van der Waals surface area contributed by atoms with E-state index in [2.05, 4.69) is 26.4 Å². The number of carbonyl (C=O) groups excluding carboxylic acids is 1. The van der Waals surface area contributed by atoms with E-state index in [1.54, 1.807) is 13.8 Å². The molecule has 0 saturated carbocycles. The summed E-state index contributed by atoms with van der Waals surface area (Å²) in [6.07, 6.45) is 0. The number of amides is 1. The number of hydrogen-bond acceptors (Lipinski definition) is 5. The fourth-order valence-electron chi connectivity index (χ4n) is 1.77. The van der Waals surface area contributed by atoms with Crippen molar-refractivity contribution < 1.29 is 17.7 Å². The first kappa shape index (κ1) is 15.7. The first-order valence-corrected chi connectivity index (χ1v) is 8.10. The van der Waals surface area contributed by atoms with E-state index < -0.39 is 15.9 Å². The third-order valence-corrected chi connectivity index (χ3v) is 4.34. The van der Waals surface area contributed by atoms with Crippen molar-refractivity contribution in [3.8, 4) is 0 Å². The number of sulfonamides is 1. The molecule has 1 amide bonds. The van der Waals surface area contributed by atoms with Crippen LogP contribution in [0.4, 0.5) is 5.69 Å². The predicted molar refractivity (Wildman–Crippen MR) is 79.4 cm³/mol. The molecule has 2 rings (SSSR count). The van der Waals surface area contributed by atoms with Crippen molar-refractivity contribution in [3.63, 3.8) is 0 Å². The Labute approximate surface area is 129 Å². The molecule has 112 valence electrons. The molecule has 0 fully saturated rings. The zero-order valence-corrected chi connectivity index (χ0v) is 13.6. The third-order valence-electron chi connectivity index (χ3n) is 2.78. The lowest BCUT2D eigenvalue weighted by Crippen LogP contribution is -2.15. The van der Waals surface area contributed by atoms with Gasteiger partial charge in [0.25, 0.3) is 5.91 Å². The smallest absolute Gasteiger partial charge is 0.261 e. The van der Waals surface area contributed by atoms with E-state index in [1.165, 1.54) is 18.2 Å². The minimum Gasteiger partial charge on any atom is -0.361 e. The molecule has 0 saturated heterocycles. The summed E-state index contributed by atoms with van der Waals surface area (Å²) in [6, 6.07) is 4.07. The van der Waals surface area contributed by atoms with Crippen LogP contribution in [-0.2, 0) is 10.0 Å². The van der Waals surface area contributed by atoms with Gasteiger partial charge in [0.05, 0.1) is 16.3 Å². The number of halogens is 1. The highest BCUT2D eigenvalue weighted by Gasteiger charge is 2.19. The molecule has 0 atom stereocenters. The number of anilines is 1. The van der Waals surface area contributed by atoms with Crippen molar-refractivity contribution in [2.24, 2.45) is 5.14 Å². The lowest BCUT2D eigenvalue weighted by molar-refractivity contribution is 0.102. The van der Waals surface area contributed by atoms with Gasteiger partial charge in [-0.05, 0) is 48.0 Å². The molecule has 0 bridgehead atoms. The van der Waals surface area contributed by atoms with Crippen LogP contribution in [0.25, 0.3) is 0 Å². The van der Waals surface area contributed by atoms with Crippen LogP contribution >= 0.6 is 15.9 Å². The number of carbonyl (C=O) groups is 1. The molecule has 0 aliphatic rings. The number of benzene rings is 1. The third kappa shape index (κ3) is 3.31. The standard InChI is InChI=1S/C12H12BrN3O4S/c1-6-11(7(2)20-16-6)12(17)15-10-4-3-8(5-9(10)13)21(14,18)19/h3-5H,1-2H3,(H,15,17)(H2,14,18,19). The Kier molecular flexibility index (Phi) is 4.17. The van der Waals surface area contributed by atoms with Crippen LogP contribution in [0.5, 0.6) is 0 Å². The van der Waals surface area contributed by atoms with Gasteiger partial charge in [0.1, 0.15) is 11.3 Å². The molecule has 9 heteroatoms. The first-order valence-electron chi connectivity index (χ1n) is 5.76. The van der Waals surface area contributed by atoms with Gasteiger partial charge < -0.3 is 9.84 Å². The second-order valence-corrected chi connectivity index (χ2v) is 6.76. The van der Waals surface area contributed by atoms with E-state index in [9.17, 15) is 13.2 Å². The summed E-state index contributed by atoms with van der Waals surface area (Å²) in [6.45, 7) is 3.29. The highest BCUT2D eigenvalue weighted by atomic mass is 79.9. The number of nitrogens with one attached hydrogen (secondary N) is 1.